The zero-order chi connectivity index (χ0) is 14.4. The molecular weight excluding hydrogens is 317 g/mol. The second-order valence-corrected chi connectivity index (χ2v) is 6.83. The summed E-state index contributed by atoms with van der Waals surface area (Å²) in [5.41, 5.74) is 1.12. The summed E-state index contributed by atoms with van der Waals surface area (Å²) in [6, 6.07) is 5.68. The van der Waals surface area contributed by atoms with Gasteiger partial charge in [-0.3, -0.25) is 0 Å². The standard InChI is InChI=1S/C17H25BrFN/c1-2-9-20-16-6-4-3-5-13(11-16)10-14-12-15(19)7-8-17(14)18/h7-8,12-13,16,20H,2-6,9-11H2,1H3. The lowest BCUT2D eigenvalue weighted by molar-refractivity contribution is 0.383. The summed E-state index contributed by atoms with van der Waals surface area (Å²) in [5.74, 6) is 0.544. The fourth-order valence-corrected chi connectivity index (χ4v) is 3.60. The van der Waals surface area contributed by atoms with Crippen molar-refractivity contribution < 1.29 is 4.39 Å². The molecule has 0 aliphatic heterocycles. The van der Waals surface area contributed by atoms with Gasteiger partial charge in [0.1, 0.15) is 5.82 Å². The van der Waals surface area contributed by atoms with Crippen molar-refractivity contribution in [3.05, 3.63) is 34.1 Å². The first-order valence-corrected chi connectivity index (χ1v) is 8.65. The van der Waals surface area contributed by atoms with Crippen molar-refractivity contribution >= 4 is 15.9 Å². The number of rotatable bonds is 5. The summed E-state index contributed by atoms with van der Waals surface area (Å²) >= 11 is 3.55. The zero-order valence-corrected chi connectivity index (χ0v) is 13.9. The molecule has 1 saturated carbocycles. The number of nitrogens with one attached hydrogen (secondary N) is 1. The van der Waals surface area contributed by atoms with Gasteiger partial charge < -0.3 is 5.32 Å². The van der Waals surface area contributed by atoms with Gasteiger partial charge in [-0.1, -0.05) is 42.1 Å². The molecule has 0 amide bonds. The summed E-state index contributed by atoms with van der Waals surface area (Å²) in [5, 5.41) is 3.67. The fraction of sp³-hybridized carbons (Fsp3) is 0.647. The van der Waals surface area contributed by atoms with E-state index in [1.165, 1.54) is 44.6 Å². The normalized spacial score (nSPS) is 23.6. The van der Waals surface area contributed by atoms with Crippen molar-refractivity contribution in [1.29, 1.82) is 0 Å². The van der Waals surface area contributed by atoms with Gasteiger partial charge in [0.2, 0.25) is 0 Å². The first-order valence-electron chi connectivity index (χ1n) is 7.86. The Morgan fingerprint density at radius 2 is 2.10 bits per heavy atom. The molecule has 3 heteroatoms. The molecule has 1 aliphatic rings. The van der Waals surface area contributed by atoms with E-state index in [0.717, 1.165) is 23.0 Å². The lowest BCUT2D eigenvalue weighted by Crippen LogP contribution is -2.31. The molecule has 0 bridgehead atoms. The van der Waals surface area contributed by atoms with Crippen LogP contribution in [0.5, 0.6) is 0 Å². The van der Waals surface area contributed by atoms with Gasteiger partial charge in [0.05, 0.1) is 0 Å². The predicted molar refractivity (Wildman–Crippen MR) is 86.5 cm³/mol. The molecule has 0 aromatic heterocycles. The third kappa shape index (κ3) is 4.85. The zero-order valence-electron chi connectivity index (χ0n) is 12.3. The second-order valence-electron chi connectivity index (χ2n) is 5.98. The molecule has 2 rings (SSSR count). The highest BCUT2D eigenvalue weighted by Gasteiger charge is 2.20. The van der Waals surface area contributed by atoms with Gasteiger partial charge in [-0.05, 0) is 61.9 Å². The summed E-state index contributed by atoms with van der Waals surface area (Å²) in [7, 11) is 0. The molecule has 112 valence electrons. The third-order valence-corrected chi connectivity index (χ3v) is 5.01. The van der Waals surface area contributed by atoms with Crippen LogP contribution in [-0.4, -0.2) is 12.6 Å². The van der Waals surface area contributed by atoms with Crippen LogP contribution >= 0.6 is 15.9 Å². The van der Waals surface area contributed by atoms with Crippen LogP contribution in [0.4, 0.5) is 4.39 Å². The van der Waals surface area contributed by atoms with E-state index >= 15 is 0 Å². The van der Waals surface area contributed by atoms with Gasteiger partial charge in [0, 0.05) is 10.5 Å². The Morgan fingerprint density at radius 3 is 2.90 bits per heavy atom. The molecule has 0 spiro atoms. The van der Waals surface area contributed by atoms with E-state index in [9.17, 15) is 4.39 Å². The molecule has 1 nitrogen and oxygen atoms in total. The van der Waals surface area contributed by atoms with Gasteiger partial charge in [-0.15, -0.1) is 0 Å². The number of hydrogen-bond donors (Lipinski definition) is 1. The van der Waals surface area contributed by atoms with Gasteiger partial charge in [0.15, 0.2) is 0 Å². The van der Waals surface area contributed by atoms with E-state index in [-0.39, 0.29) is 5.82 Å². The average Bonchev–Trinajstić information content (AvgIpc) is 2.66. The Bertz CT molecular complexity index is 421. The van der Waals surface area contributed by atoms with Crippen molar-refractivity contribution in [2.45, 2.75) is 57.9 Å². The maximum atomic E-state index is 13.4. The SMILES string of the molecule is CCCNC1CCCCC(Cc2cc(F)ccc2Br)C1. The Kier molecular flexibility index (Phi) is 6.50. The van der Waals surface area contributed by atoms with Crippen molar-refractivity contribution in [2.75, 3.05) is 6.54 Å². The molecule has 1 aromatic carbocycles. The van der Waals surface area contributed by atoms with Crippen LogP contribution in [0.3, 0.4) is 0 Å². The fourth-order valence-electron chi connectivity index (χ4n) is 3.19. The van der Waals surface area contributed by atoms with Crippen molar-refractivity contribution in [2.24, 2.45) is 5.92 Å². The maximum Gasteiger partial charge on any atom is 0.123 e. The first kappa shape index (κ1) is 16.0. The molecule has 20 heavy (non-hydrogen) atoms. The highest BCUT2D eigenvalue weighted by atomic mass is 79.9. The molecule has 1 fully saturated rings. The minimum Gasteiger partial charge on any atom is -0.314 e. The topological polar surface area (TPSA) is 12.0 Å². The highest BCUT2D eigenvalue weighted by molar-refractivity contribution is 9.10. The largest absolute Gasteiger partial charge is 0.314 e. The van der Waals surface area contributed by atoms with E-state index in [1.807, 2.05) is 6.07 Å². The van der Waals surface area contributed by atoms with Gasteiger partial charge in [-0.25, -0.2) is 4.39 Å². The van der Waals surface area contributed by atoms with Crippen LogP contribution in [0, 0.1) is 11.7 Å². The average molecular weight is 342 g/mol. The molecule has 1 aromatic rings. The minimum absolute atomic E-state index is 0.127. The van der Waals surface area contributed by atoms with Gasteiger partial charge in [-0.2, -0.15) is 0 Å². The van der Waals surface area contributed by atoms with Crippen molar-refractivity contribution in [3.63, 3.8) is 0 Å². The monoisotopic (exact) mass is 341 g/mol. The predicted octanol–water partition coefficient (Wildman–Crippen LogP) is 5.08. The Morgan fingerprint density at radius 1 is 1.30 bits per heavy atom. The molecule has 2 atom stereocenters. The van der Waals surface area contributed by atoms with E-state index in [0.29, 0.717) is 12.0 Å². The number of benzene rings is 1. The van der Waals surface area contributed by atoms with Crippen LogP contribution in [0.15, 0.2) is 22.7 Å². The Labute approximate surface area is 130 Å². The van der Waals surface area contributed by atoms with E-state index in [1.54, 1.807) is 6.07 Å². The number of hydrogen-bond acceptors (Lipinski definition) is 1. The third-order valence-electron chi connectivity index (χ3n) is 4.23. The molecule has 1 N–H and O–H groups in total. The van der Waals surface area contributed by atoms with Crippen LogP contribution in [0.2, 0.25) is 0 Å². The second kappa shape index (κ2) is 8.14. The van der Waals surface area contributed by atoms with Crippen molar-refractivity contribution in [1.82, 2.24) is 5.32 Å². The lowest BCUT2D eigenvalue weighted by Gasteiger charge is -2.21. The van der Waals surface area contributed by atoms with Crippen LogP contribution in [0.25, 0.3) is 0 Å². The van der Waals surface area contributed by atoms with Gasteiger partial charge in [0.25, 0.3) is 0 Å². The smallest absolute Gasteiger partial charge is 0.123 e. The highest BCUT2D eigenvalue weighted by Crippen LogP contribution is 2.29. The van der Waals surface area contributed by atoms with Crippen LogP contribution in [-0.2, 0) is 6.42 Å². The van der Waals surface area contributed by atoms with Crippen molar-refractivity contribution in [3.8, 4) is 0 Å². The maximum absolute atomic E-state index is 13.4. The molecule has 2 unspecified atom stereocenters. The molecule has 1 aliphatic carbocycles. The van der Waals surface area contributed by atoms with Crippen LogP contribution in [0.1, 0.15) is 51.0 Å². The minimum atomic E-state index is -0.127. The van der Waals surface area contributed by atoms with E-state index < -0.39 is 0 Å². The summed E-state index contributed by atoms with van der Waals surface area (Å²) in [6.45, 7) is 3.33. The number of halogens is 2. The Hall–Kier alpha value is -0.410. The summed E-state index contributed by atoms with van der Waals surface area (Å²) in [4.78, 5) is 0. The van der Waals surface area contributed by atoms with Crippen LogP contribution < -0.4 is 5.32 Å². The molecular formula is C17H25BrFN. The quantitative estimate of drug-likeness (QED) is 0.736. The summed E-state index contributed by atoms with van der Waals surface area (Å²) in [6.07, 6.45) is 8.60. The van der Waals surface area contributed by atoms with Gasteiger partial charge >= 0.3 is 0 Å². The van der Waals surface area contributed by atoms with E-state index in [2.05, 4.69) is 28.2 Å². The first-order chi connectivity index (χ1) is 9.69. The Balaban J connectivity index is 1.97. The molecule has 0 heterocycles. The summed E-state index contributed by atoms with van der Waals surface area (Å²) < 4.78 is 14.4. The van der Waals surface area contributed by atoms with E-state index in [4.69, 9.17) is 0 Å². The molecule has 0 saturated heterocycles. The molecule has 0 radical (unpaired) electrons. The lowest BCUT2D eigenvalue weighted by atomic mass is 9.91.